The van der Waals surface area contributed by atoms with Crippen LogP contribution in [0.2, 0.25) is 10.0 Å². The van der Waals surface area contributed by atoms with Crippen LogP contribution in [0.4, 0.5) is 0 Å². The molecule has 0 saturated heterocycles. The van der Waals surface area contributed by atoms with Crippen LogP contribution in [-0.2, 0) is 6.42 Å². The van der Waals surface area contributed by atoms with Gasteiger partial charge in [0, 0.05) is 16.6 Å². The molecule has 0 radical (unpaired) electrons. The van der Waals surface area contributed by atoms with E-state index in [1.165, 1.54) is 0 Å². The molecule has 0 spiro atoms. The third-order valence-electron chi connectivity index (χ3n) is 4.08. The van der Waals surface area contributed by atoms with Gasteiger partial charge in [0.2, 0.25) is 0 Å². The number of nitrogens with one attached hydrogen (secondary N) is 1. The minimum Gasteiger partial charge on any atom is -0.316 e. The van der Waals surface area contributed by atoms with Crippen molar-refractivity contribution >= 4 is 23.2 Å². The molecule has 3 heteroatoms. The molecule has 20 heavy (non-hydrogen) atoms. The first-order chi connectivity index (χ1) is 9.24. The van der Waals surface area contributed by atoms with E-state index in [-0.39, 0.29) is 5.41 Å². The van der Waals surface area contributed by atoms with Crippen LogP contribution in [0.25, 0.3) is 0 Å². The van der Waals surface area contributed by atoms with Crippen molar-refractivity contribution in [1.29, 1.82) is 0 Å². The molecule has 0 fully saturated rings. The van der Waals surface area contributed by atoms with Crippen LogP contribution in [0.3, 0.4) is 0 Å². The molecule has 1 unspecified atom stereocenters. The maximum atomic E-state index is 6.31. The van der Waals surface area contributed by atoms with Gasteiger partial charge in [0.05, 0.1) is 0 Å². The van der Waals surface area contributed by atoms with E-state index >= 15 is 0 Å². The van der Waals surface area contributed by atoms with E-state index in [1.54, 1.807) is 0 Å². The molecule has 0 aliphatic rings. The third-order valence-corrected chi connectivity index (χ3v) is 4.68. The fourth-order valence-electron chi connectivity index (χ4n) is 2.23. The Balaban J connectivity index is 2.82. The Labute approximate surface area is 134 Å². The van der Waals surface area contributed by atoms with Gasteiger partial charge in [0.25, 0.3) is 0 Å². The molecule has 114 valence electrons. The number of hydrogen-bond acceptors (Lipinski definition) is 1. The summed E-state index contributed by atoms with van der Waals surface area (Å²) < 4.78 is 0. The number of halogens is 2. The first kappa shape index (κ1) is 17.8. The zero-order valence-corrected chi connectivity index (χ0v) is 14.8. The van der Waals surface area contributed by atoms with E-state index in [1.807, 2.05) is 18.2 Å². The molecule has 0 bridgehead atoms. The lowest BCUT2D eigenvalue weighted by atomic mass is 9.74. The van der Waals surface area contributed by atoms with Crippen LogP contribution in [0.15, 0.2) is 18.2 Å². The van der Waals surface area contributed by atoms with E-state index < -0.39 is 0 Å². The standard InChI is InChI=1S/C17H27Cl2N/c1-12(2)10-20-11-17(5,13(3)4)9-14-8-15(18)6-7-16(14)19/h6-8,12-13,20H,9-11H2,1-5H3. The molecule has 1 aromatic rings. The summed E-state index contributed by atoms with van der Waals surface area (Å²) in [5, 5.41) is 5.15. The Kier molecular flexibility index (Phi) is 6.84. The maximum absolute atomic E-state index is 6.31. The van der Waals surface area contributed by atoms with Crippen LogP contribution < -0.4 is 5.32 Å². The predicted octanol–water partition coefficient (Wildman–Crippen LogP) is 5.44. The summed E-state index contributed by atoms with van der Waals surface area (Å²) >= 11 is 12.4. The molecular weight excluding hydrogens is 289 g/mol. The summed E-state index contributed by atoms with van der Waals surface area (Å²) in [7, 11) is 0. The van der Waals surface area contributed by atoms with E-state index in [2.05, 4.69) is 39.9 Å². The molecule has 0 amide bonds. The lowest BCUT2D eigenvalue weighted by molar-refractivity contribution is 0.205. The molecule has 0 saturated carbocycles. The van der Waals surface area contributed by atoms with Crippen molar-refractivity contribution in [3.63, 3.8) is 0 Å². The smallest absolute Gasteiger partial charge is 0.0439 e. The van der Waals surface area contributed by atoms with Crippen molar-refractivity contribution in [3.8, 4) is 0 Å². The Bertz CT molecular complexity index is 429. The lowest BCUT2D eigenvalue weighted by Crippen LogP contribution is -2.39. The average molecular weight is 316 g/mol. The van der Waals surface area contributed by atoms with Gasteiger partial charge in [0.15, 0.2) is 0 Å². The van der Waals surface area contributed by atoms with Crippen molar-refractivity contribution in [1.82, 2.24) is 5.32 Å². The largest absolute Gasteiger partial charge is 0.316 e. The van der Waals surface area contributed by atoms with Crippen LogP contribution in [-0.4, -0.2) is 13.1 Å². The summed E-state index contributed by atoms with van der Waals surface area (Å²) in [6.45, 7) is 13.4. The topological polar surface area (TPSA) is 12.0 Å². The quantitative estimate of drug-likeness (QED) is 0.706. The van der Waals surface area contributed by atoms with E-state index in [4.69, 9.17) is 23.2 Å². The summed E-state index contributed by atoms with van der Waals surface area (Å²) in [5.41, 5.74) is 1.31. The lowest BCUT2D eigenvalue weighted by Gasteiger charge is -2.35. The zero-order chi connectivity index (χ0) is 15.3. The highest BCUT2D eigenvalue weighted by Crippen LogP contribution is 2.34. The second-order valence-corrected chi connectivity index (χ2v) is 7.59. The Hall–Kier alpha value is -0.240. The van der Waals surface area contributed by atoms with Gasteiger partial charge in [-0.2, -0.15) is 0 Å². The maximum Gasteiger partial charge on any atom is 0.0439 e. The predicted molar refractivity (Wildman–Crippen MR) is 90.8 cm³/mol. The first-order valence-corrected chi connectivity index (χ1v) is 8.15. The second kappa shape index (κ2) is 7.68. The first-order valence-electron chi connectivity index (χ1n) is 7.39. The number of rotatable bonds is 7. The molecule has 0 aliphatic heterocycles. The minimum atomic E-state index is 0.170. The molecule has 1 N–H and O–H groups in total. The van der Waals surface area contributed by atoms with Crippen molar-refractivity contribution in [2.24, 2.45) is 17.3 Å². The molecule has 1 aromatic carbocycles. The van der Waals surface area contributed by atoms with Crippen LogP contribution in [0, 0.1) is 17.3 Å². The van der Waals surface area contributed by atoms with Gasteiger partial charge in [-0.3, -0.25) is 0 Å². The molecule has 1 rings (SSSR count). The molecular formula is C17H27Cl2N. The Morgan fingerprint density at radius 1 is 1.15 bits per heavy atom. The van der Waals surface area contributed by atoms with E-state index in [0.29, 0.717) is 11.8 Å². The fraction of sp³-hybridized carbons (Fsp3) is 0.647. The molecule has 0 aromatic heterocycles. The summed E-state index contributed by atoms with van der Waals surface area (Å²) in [6.07, 6.45) is 0.940. The molecule has 1 atom stereocenters. The highest BCUT2D eigenvalue weighted by Gasteiger charge is 2.29. The van der Waals surface area contributed by atoms with Gasteiger partial charge in [-0.15, -0.1) is 0 Å². The van der Waals surface area contributed by atoms with Crippen molar-refractivity contribution in [2.45, 2.75) is 41.0 Å². The third kappa shape index (κ3) is 5.27. The summed E-state index contributed by atoms with van der Waals surface area (Å²) in [6, 6.07) is 5.73. The van der Waals surface area contributed by atoms with Crippen molar-refractivity contribution in [3.05, 3.63) is 33.8 Å². The molecule has 0 heterocycles. The van der Waals surface area contributed by atoms with Gasteiger partial charge in [-0.25, -0.2) is 0 Å². The van der Waals surface area contributed by atoms with Crippen molar-refractivity contribution in [2.75, 3.05) is 13.1 Å². The van der Waals surface area contributed by atoms with Crippen LogP contribution in [0.5, 0.6) is 0 Å². The van der Waals surface area contributed by atoms with Crippen LogP contribution in [0.1, 0.15) is 40.2 Å². The van der Waals surface area contributed by atoms with E-state index in [0.717, 1.165) is 35.1 Å². The fourth-order valence-corrected chi connectivity index (χ4v) is 2.61. The van der Waals surface area contributed by atoms with Gasteiger partial charge < -0.3 is 5.32 Å². The molecule has 0 aliphatic carbocycles. The van der Waals surface area contributed by atoms with Gasteiger partial charge in [0.1, 0.15) is 0 Å². The summed E-state index contributed by atoms with van der Waals surface area (Å²) in [4.78, 5) is 0. The van der Waals surface area contributed by atoms with Gasteiger partial charge >= 0.3 is 0 Å². The van der Waals surface area contributed by atoms with Gasteiger partial charge in [-0.1, -0.05) is 57.8 Å². The minimum absolute atomic E-state index is 0.170. The second-order valence-electron chi connectivity index (χ2n) is 6.75. The average Bonchev–Trinajstić information content (AvgIpc) is 2.33. The SMILES string of the molecule is CC(C)CNCC(C)(Cc1cc(Cl)ccc1Cl)C(C)C. The van der Waals surface area contributed by atoms with Gasteiger partial charge in [-0.05, 0) is 54.0 Å². The van der Waals surface area contributed by atoms with Crippen LogP contribution >= 0.6 is 23.2 Å². The Morgan fingerprint density at radius 3 is 2.35 bits per heavy atom. The number of benzene rings is 1. The highest BCUT2D eigenvalue weighted by atomic mass is 35.5. The van der Waals surface area contributed by atoms with Crippen molar-refractivity contribution < 1.29 is 0 Å². The highest BCUT2D eigenvalue weighted by molar-refractivity contribution is 6.33. The zero-order valence-electron chi connectivity index (χ0n) is 13.3. The molecule has 1 nitrogen and oxygen atoms in total. The normalized spacial score (nSPS) is 14.8. The monoisotopic (exact) mass is 315 g/mol. The Morgan fingerprint density at radius 2 is 1.80 bits per heavy atom. The summed E-state index contributed by atoms with van der Waals surface area (Å²) in [5.74, 6) is 1.23. The van der Waals surface area contributed by atoms with E-state index in [9.17, 15) is 0 Å². The number of hydrogen-bond donors (Lipinski definition) is 1.